The number of hydrogen-bond donors (Lipinski definition) is 1. The van der Waals surface area contributed by atoms with Gasteiger partial charge in [0.15, 0.2) is 0 Å². The van der Waals surface area contributed by atoms with E-state index in [2.05, 4.69) is 0 Å². The van der Waals surface area contributed by atoms with E-state index in [1.165, 1.54) is 0 Å². The van der Waals surface area contributed by atoms with E-state index in [0.29, 0.717) is 5.02 Å². The first-order valence-electron chi connectivity index (χ1n) is 5.44. The zero-order chi connectivity index (χ0) is 11.5. The fourth-order valence-corrected chi connectivity index (χ4v) is 2.10. The van der Waals surface area contributed by atoms with Crippen LogP contribution in [0.3, 0.4) is 0 Å². The van der Waals surface area contributed by atoms with Crippen LogP contribution in [-0.2, 0) is 4.74 Å². The van der Waals surface area contributed by atoms with E-state index in [9.17, 15) is 5.11 Å². The fourth-order valence-electron chi connectivity index (χ4n) is 1.87. The third kappa shape index (κ3) is 2.23. The molecule has 1 aromatic rings. The number of aliphatic hydroxyl groups is 1. The zero-order valence-electron chi connectivity index (χ0n) is 9.24. The Morgan fingerprint density at radius 3 is 2.94 bits per heavy atom. The van der Waals surface area contributed by atoms with Crippen LogP contribution in [-0.4, -0.2) is 11.7 Å². The van der Waals surface area contributed by atoms with Crippen molar-refractivity contribution >= 4 is 11.6 Å². The van der Waals surface area contributed by atoms with Crippen LogP contribution in [0.4, 0.5) is 0 Å². The van der Waals surface area contributed by atoms with Gasteiger partial charge in [0.05, 0.1) is 12.9 Å². The van der Waals surface area contributed by atoms with Gasteiger partial charge in [-0.2, -0.15) is 0 Å². The Hall–Kier alpha value is -0.990. The number of aliphatic hydroxyl groups excluding tert-OH is 1. The van der Waals surface area contributed by atoms with E-state index < -0.39 is 6.10 Å². The third-order valence-electron chi connectivity index (χ3n) is 2.83. The number of benzene rings is 1. The van der Waals surface area contributed by atoms with Gasteiger partial charge in [0.25, 0.3) is 0 Å². The summed E-state index contributed by atoms with van der Waals surface area (Å²) in [6.07, 6.45) is 2.83. The Morgan fingerprint density at radius 1 is 1.44 bits per heavy atom. The number of halogens is 1. The third-order valence-corrected chi connectivity index (χ3v) is 3.35. The van der Waals surface area contributed by atoms with Gasteiger partial charge < -0.3 is 9.84 Å². The second-order valence-corrected chi connectivity index (χ2v) is 4.43. The molecule has 86 valence electrons. The molecule has 0 radical (unpaired) electrons. The lowest BCUT2D eigenvalue weighted by Crippen LogP contribution is -2.08. The van der Waals surface area contributed by atoms with Gasteiger partial charge in [-0.3, -0.25) is 0 Å². The molecular formula is C13H15ClO2. The maximum Gasteiger partial charge on any atom is 0.105 e. The molecular weight excluding hydrogens is 224 g/mol. The Kier molecular flexibility index (Phi) is 3.52. The molecule has 1 aliphatic heterocycles. The molecule has 16 heavy (non-hydrogen) atoms. The van der Waals surface area contributed by atoms with Crippen LogP contribution in [0.25, 0.3) is 0 Å². The SMILES string of the molecule is Cc1cccc(C(O)C2=COCCC2)c1Cl. The largest absolute Gasteiger partial charge is 0.501 e. The molecule has 1 N–H and O–H groups in total. The predicted octanol–water partition coefficient (Wildman–Crippen LogP) is 3.38. The summed E-state index contributed by atoms with van der Waals surface area (Å²) >= 11 is 6.18. The smallest absolute Gasteiger partial charge is 0.105 e. The highest BCUT2D eigenvalue weighted by Crippen LogP contribution is 2.33. The van der Waals surface area contributed by atoms with Crippen LogP contribution in [0.1, 0.15) is 30.1 Å². The molecule has 1 atom stereocenters. The van der Waals surface area contributed by atoms with E-state index in [4.69, 9.17) is 16.3 Å². The van der Waals surface area contributed by atoms with E-state index in [-0.39, 0.29) is 0 Å². The van der Waals surface area contributed by atoms with Crippen molar-refractivity contribution < 1.29 is 9.84 Å². The lowest BCUT2D eigenvalue weighted by molar-refractivity contribution is 0.170. The van der Waals surface area contributed by atoms with Gasteiger partial charge in [-0.25, -0.2) is 0 Å². The zero-order valence-corrected chi connectivity index (χ0v) is 10.00. The highest BCUT2D eigenvalue weighted by Gasteiger charge is 2.19. The van der Waals surface area contributed by atoms with Crippen LogP contribution in [0.5, 0.6) is 0 Å². The molecule has 2 rings (SSSR count). The maximum absolute atomic E-state index is 10.2. The van der Waals surface area contributed by atoms with E-state index in [1.54, 1.807) is 6.26 Å². The van der Waals surface area contributed by atoms with Crippen molar-refractivity contribution in [3.05, 3.63) is 46.2 Å². The van der Waals surface area contributed by atoms with Crippen molar-refractivity contribution in [2.24, 2.45) is 0 Å². The first-order chi connectivity index (χ1) is 7.70. The van der Waals surface area contributed by atoms with Crippen molar-refractivity contribution in [1.29, 1.82) is 0 Å². The minimum Gasteiger partial charge on any atom is -0.501 e. The van der Waals surface area contributed by atoms with Crippen molar-refractivity contribution in [1.82, 2.24) is 0 Å². The lowest BCUT2D eigenvalue weighted by atomic mass is 9.97. The highest BCUT2D eigenvalue weighted by molar-refractivity contribution is 6.32. The number of aryl methyl sites for hydroxylation is 1. The monoisotopic (exact) mass is 238 g/mol. The molecule has 0 bridgehead atoms. The van der Waals surface area contributed by atoms with Gasteiger partial charge in [-0.15, -0.1) is 0 Å². The summed E-state index contributed by atoms with van der Waals surface area (Å²) in [4.78, 5) is 0. The number of ether oxygens (including phenoxy) is 1. The van der Waals surface area contributed by atoms with E-state index in [1.807, 2.05) is 25.1 Å². The molecule has 1 aliphatic rings. The summed E-state index contributed by atoms with van der Waals surface area (Å²) < 4.78 is 5.23. The summed E-state index contributed by atoms with van der Waals surface area (Å²) in [6.45, 7) is 2.67. The van der Waals surface area contributed by atoms with Gasteiger partial charge in [-0.05, 0) is 30.9 Å². The molecule has 0 saturated carbocycles. The first kappa shape index (κ1) is 11.5. The summed E-state index contributed by atoms with van der Waals surface area (Å²) in [6, 6.07) is 5.70. The molecule has 0 aromatic heterocycles. The molecule has 0 saturated heterocycles. The van der Waals surface area contributed by atoms with Gasteiger partial charge in [-0.1, -0.05) is 29.8 Å². The van der Waals surface area contributed by atoms with Crippen LogP contribution in [0.2, 0.25) is 5.02 Å². The second-order valence-electron chi connectivity index (χ2n) is 4.05. The first-order valence-corrected chi connectivity index (χ1v) is 5.81. The molecule has 2 nitrogen and oxygen atoms in total. The standard InChI is InChI=1S/C13H15ClO2/c1-9-4-2-6-11(12(9)14)13(15)10-5-3-7-16-8-10/h2,4,6,8,13,15H,3,5,7H2,1H3. The minimum absolute atomic E-state index is 0.640. The fraction of sp³-hybridized carbons (Fsp3) is 0.385. The molecule has 0 fully saturated rings. The average molecular weight is 239 g/mol. The van der Waals surface area contributed by atoms with Crippen LogP contribution in [0, 0.1) is 6.92 Å². The quantitative estimate of drug-likeness (QED) is 0.856. The molecule has 0 aliphatic carbocycles. The predicted molar refractivity (Wildman–Crippen MR) is 64.4 cm³/mol. The Morgan fingerprint density at radius 2 is 2.25 bits per heavy atom. The summed E-state index contributed by atoms with van der Waals surface area (Å²) in [5.41, 5.74) is 2.65. The Balaban J connectivity index is 2.29. The second kappa shape index (κ2) is 4.89. The summed E-state index contributed by atoms with van der Waals surface area (Å²) in [5, 5.41) is 10.9. The van der Waals surface area contributed by atoms with Crippen LogP contribution in [0.15, 0.2) is 30.0 Å². The van der Waals surface area contributed by atoms with Crippen molar-refractivity contribution in [2.45, 2.75) is 25.9 Å². The molecule has 0 amide bonds. The van der Waals surface area contributed by atoms with Crippen molar-refractivity contribution in [3.8, 4) is 0 Å². The molecule has 3 heteroatoms. The topological polar surface area (TPSA) is 29.5 Å². The summed E-state index contributed by atoms with van der Waals surface area (Å²) in [7, 11) is 0. The van der Waals surface area contributed by atoms with Gasteiger partial charge in [0.1, 0.15) is 6.10 Å². The number of hydrogen-bond acceptors (Lipinski definition) is 2. The van der Waals surface area contributed by atoms with E-state index >= 15 is 0 Å². The maximum atomic E-state index is 10.2. The molecule has 0 spiro atoms. The van der Waals surface area contributed by atoms with Gasteiger partial charge in [0.2, 0.25) is 0 Å². The average Bonchev–Trinajstić information content (AvgIpc) is 2.33. The highest BCUT2D eigenvalue weighted by atomic mass is 35.5. The van der Waals surface area contributed by atoms with Crippen molar-refractivity contribution in [2.75, 3.05) is 6.61 Å². The molecule has 1 unspecified atom stereocenters. The Bertz CT molecular complexity index is 412. The lowest BCUT2D eigenvalue weighted by Gasteiger charge is -2.20. The molecule has 1 heterocycles. The Labute approximate surface area is 101 Å². The van der Waals surface area contributed by atoms with Crippen molar-refractivity contribution in [3.63, 3.8) is 0 Å². The van der Waals surface area contributed by atoms with E-state index in [0.717, 1.165) is 36.1 Å². The van der Waals surface area contributed by atoms with Crippen LogP contribution >= 0.6 is 11.6 Å². The normalized spacial score (nSPS) is 17.6. The molecule has 1 aromatic carbocycles. The van der Waals surface area contributed by atoms with Crippen LogP contribution < -0.4 is 0 Å². The van der Waals surface area contributed by atoms with Gasteiger partial charge >= 0.3 is 0 Å². The number of rotatable bonds is 2. The summed E-state index contributed by atoms with van der Waals surface area (Å²) in [5.74, 6) is 0. The van der Waals surface area contributed by atoms with Gasteiger partial charge in [0, 0.05) is 10.6 Å². The minimum atomic E-state index is -0.646.